The van der Waals surface area contributed by atoms with Crippen molar-refractivity contribution in [2.75, 3.05) is 18.4 Å². The van der Waals surface area contributed by atoms with E-state index in [9.17, 15) is 9.59 Å². The van der Waals surface area contributed by atoms with Crippen molar-refractivity contribution in [1.29, 1.82) is 0 Å². The molecule has 2 atom stereocenters. The number of carbonyl (C=O) groups excluding carboxylic acids is 1. The molecule has 2 unspecified atom stereocenters. The number of amides is 1. The minimum Gasteiger partial charge on any atom is -0.490 e. The predicted molar refractivity (Wildman–Crippen MR) is 147 cm³/mol. The van der Waals surface area contributed by atoms with Crippen LogP contribution in [0.1, 0.15) is 72.0 Å². The number of nitrogens with one attached hydrogen (secondary N) is 1. The van der Waals surface area contributed by atoms with E-state index >= 15 is 0 Å². The molecule has 0 radical (unpaired) electrons. The van der Waals surface area contributed by atoms with Gasteiger partial charge in [-0.15, -0.1) is 0 Å². The Kier molecular flexibility index (Phi) is 8.15. The summed E-state index contributed by atoms with van der Waals surface area (Å²) in [6.45, 7) is 13.7. The van der Waals surface area contributed by atoms with Crippen molar-refractivity contribution in [3.63, 3.8) is 0 Å². The topological polar surface area (TPSA) is 89.4 Å². The van der Waals surface area contributed by atoms with Gasteiger partial charge >= 0.3 is 0 Å². The summed E-state index contributed by atoms with van der Waals surface area (Å²) in [4.78, 5) is 36.0. The van der Waals surface area contributed by atoms with E-state index in [1.165, 1.54) is 0 Å². The van der Waals surface area contributed by atoms with Crippen LogP contribution >= 0.6 is 0 Å². The molecule has 3 aromatic rings. The van der Waals surface area contributed by atoms with Crippen molar-refractivity contribution in [2.45, 2.75) is 72.6 Å². The number of rotatable bonds is 8. The predicted octanol–water partition coefficient (Wildman–Crippen LogP) is 5.21. The molecule has 0 aliphatic carbocycles. The minimum absolute atomic E-state index is 0.0202. The van der Waals surface area contributed by atoms with Crippen molar-refractivity contribution < 1.29 is 9.53 Å². The molecule has 1 N–H and O–H groups in total. The van der Waals surface area contributed by atoms with Gasteiger partial charge in [0.2, 0.25) is 11.9 Å². The summed E-state index contributed by atoms with van der Waals surface area (Å²) in [5.41, 5.74) is 1.66. The van der Waals surface area contributed by atoms with Crippen LogP contribution < -0.4 is 15.6 Å². The standard InChI is InChI=1S/C29H39N5O3/c1-18(2)21(6)34-26(35)12-9-23-17-30-29(32-27(23)34)31-20(5)22-7-10-24(11-8-22)37-25-13-15-33(16-14-25)28(36)19(3)4/h7-12,17-21,25H,13-16H2,1-6H3,(H,30,31,32). The van der Waals surface area contributed by atoms with Gasteiger partial charge in [-0.3, -0.25) is 14.2 Å². The molecular weight excluding hydrogens is 466 g/mol. The van der Waals surface area contributed by atoms with E-state index < -0.39 is 0 Å². The van der Waals surface area contributed by atoms with Gasteiger partial charge in [-0.25, -0.2) is 4.98 Å². The Balaban J connectivity index is 1.41. The molecule has 1 fully saturated rings. The van der Waals surface area contributed by atoms with E-state index in [0.29, 0.717) is 17.5 Å². The lowest BCUT2D eigenvalue weighted by molar-refractivity contribution is -0.136. The SMILES string of the molecule is CC(C)C(=O)N1CCC(Oc2ccc(C(C)Nc3ncc4ccc(=O)n(C(C)C(C)C)c4n3)cc2)CC1. The normalized spacial score (nSPS) is 16.3. The van der Waals surface area contributed by atoms with Crippen LogP contribution in [-0.4, -0.2) is 44.5 Å². The second-order valence-electron chi connectivity index (χ2n) is 10.7. The highest BCUT2D eigenvalue weighted by Crippen LogP contribution is 2.25. The Labute approximate surface area is 219 Å². The summed E-state index contributed by atoms with van der Waals surface area (Å²) >= 11 is 0. The number of carbonyl (C=O) groups is 1. The number of nitrogens with zero attached hydrogens (tertiary/aromatic N) is 4. The molecule has 8 heteroatoms. The molecule has 1 aliphatic heterocycles. The number of piperidine rings is 1. The summed E-state index contributed by atoms with van der Waals surface area (Å²) in [5.74, 6) is 1.87. The third-order valence-electron chi connectivity index (χ3n) is 7.32. The number of likely N-dealkylation sites (tertiary alicyclic amines) is 1. The maximum atomic E-state index is 12.6. The Morgan fingerprint density at radius 1 is 1.00 bits per heavy atom. The van der Waals surface area contributed by atoms with E-state index in [-0.39, 0.29) is 35.6 Å². The first-order chi connectivity index (χ1) is 17.6. The zero-order valence-electron chi connectivity index (χ0n) is 22.8. The third-order valence-corrected chi connectivity index (χ3v) is 7.32. The van der Waals surface area contributed by atoms with Gasteiger partial charge in [0.15, 0.2) is 0 Å². The number of ether oxygens (including phenoxy) is 1. The first-order valence-electron chi connectivity index (χ1n) is 13.3. The molecule has 0 bridgehead atoms. The van der Waals surface area contributed by atoms with Gasteiger partial charge in [-0.2, -0.15) is 4.98 Å². The highest BCUT2D eigenvalue weighted by molar-refractivity contribution is 5.78. The molecule has 0 saturated carbocycles. The fourth-order valence-electron chi connectivity index (χ4n) is 4.66. The van der Waals surface area contributed by atoms with Gasteiger partial charge in [0.25, 0.3) is 5.56 Å². The van der Waals surface area contributed by atoms with E-state index in [4.69, 9.17) is 9.72 Å². The average molecular weight is 506 g/mol. The van der Waals surface area contributed by atoms with Crippen molar-refractivity contribution in [1.82, 2.24) is 19.4 Å². The maximum absolute atomic E-state index is 12.6. The lowest BCUT2D eigenvalue weighted by atomic mass is 10.1. The highest BCUT2D eigenvalue weighted by Gasteiger charge is 2.25. The number of hydrogen-bond acceptors (Lipinski definition) is 6. The molecule has 1 saturated heterocycles. The fourth-order valence-corrected chi connectivity index (χ4v) is 4.66. The van der Waals surface area contributed by atoms with E-state index in [0.717, 1.165) is 42.6 Å². The van der Waals surface area contributed by atoms with Gasteiger partial charge in [0, 0.05) is 55.5 Å². The number of aromatic nitrogens is 3. The Hall–Kier alpha value is -3.42. The van der Waals surface area contributed by atoms with Crippen molar-refractivity contribution in [2.24, 2.45) is 11.8 Å². The zero-order chi connectivity index (χ0) is 26.7. The van der Waals surface area contributed by atoms with E-state index in [2.05, 4.69) is 31.1 Å². The number of anilines is 1. The zero-order valence-corrected chi connectivity index (χ0v) is 22.8. The maximum Gasteiger partial charge on any atom is 0.252 e. The van der Waals surface area contributed by atoms with Gasteiger partial charge in [0.1, 0.15) is 17.5 Å². The average Bonchev–Trinajstić information content (AvgIpc) is 2.88. The summed E-state index contributed by atoms with van der Waals surface area (Å²) in [5, 5.41) is 4.21. The number of fused-ring (bicyclic) bond motifs is 1. The van der Waals surface area contributed by atoms with Crippen LogP contribution in [0.15, 0.2) is 47.4 Å². The van der Waals surface area contributed by atoms with Crippen LogP contribution in [0.25, 0.3) is 11.0 Å². The lowest BCUT2D eigenvalue weighted by Crippen LogP contribution is -2.43. The Bertz CT molecular complexity index is 1280. The smallest absolute Gasteiger partial charge is 0.252 e. The van der Waals surface area contributed by atoms with E-state index in [1.807, 2.05) is 49.9 Å². The monoisotopic (exact) mass is 505 g/mol. The molecule has 0 spiro atoms. The molecule has 1 amide bonds. The lowest BCUT2D eigenvalue weighted by Gasteiger charge is -2.33. The van der Waals surface area contributed by atoms with Crippen molar-refractivity contribution in [3.8, 4) is 5.75 Å². The second-order valence-corrected chi connectivity index (χ2v) is 10.7. The summed E-state index contributed by atoms with van der Waals surface area (Å²) in [7, 11) is 0. The van der Waals surface area contributed by atoms with Gasteiger partial charge in [0.05, 0.1) is 6.04 Å². The Morgan fingerprint density at radius 3 is 2.30 bits per heavy atom. The van der Waals surface area contributed by atoms with Crippen LogP contribution in [0.5, 0.6) is 5.75 Å². The quantitative estimate of drug-likeness (QED) is 0.452. The van der Waals surface area contributed by atoms with Gasteiger partial charge in [-0.05, 0) is 43.5 Å². The van der Waals surface area contributed by atoms with Crippen LogP contribution in [0.2, 0.25) is 0 Å². The summed E-state index contributed by atoms with van der Waals surface area (Å²) < 4.78 is 7.95. The van der Waals surface area contributed by atoms with Gasteiger partial charge in [-0.1, -0.05) is 39.8 Å². The molecular formula is C29H39N5O3. The minimum atomic E-state index is -0.0563. The molecule has 3 heterocycles. The molecule has 37 heavy (non-hydrogen) atoms. The second kappa shape index (κ2) is 11.3. The number of benzene rings is 1. The van der Waals surface area contributed by atoms with Crippen LogP contribution in [0.4, 0.5) is 5.95 Å². The molecule has 4 rings (SSSR count). The number of pyridine rings is 1. The molecule has 8 nitrogen and oxygen atoms in total. The largest absolute Gasteiger partial charge is 0.490 e. The van der Waals surface area contributed by atoms with Crippen LogP contribution in [-0.2, 0) is 4.79 Å². The Morgan fingerprint density at radius 2 is 1.68 bits per heavy atom. The highest BCUT2D eigenvalue weighted by atomic mass is 16.5. The first-order valence-corrected chi connectivity index (χ1v) is 13.3. The van der Waals surface area contributed by atoms with E-state index in [1.54, 1.807) is 22.9 Å². The summed E-state index contributed by atoms with van der Waals surface area (Å²) in [6, 6.07) is 11.4. The summed E-state index contributed by atoms with van der Waals surface area (Å²) in [6.07, 6.45) is 3.57. The third kappa shape index (κ3) is 6.12. The van der Waals surface area contributed by atoms with Crippen molar-refractivity contribution in [3.05, 3.63) is 58.5 Å². The van der Waals surface area contributed by atoms with Gasteiger partial charge < -0.3 is 15.0 Å². The van der Waals surface area contributed by atoms with Crippen LogP contribution in [0, 0.1) is 11.8 Å². The van der Waals surface area contributed by atoms with Crippen LogP contribution in [0.3, 0.4) is 0 Å². The first kappa shape index (κ1) is 26.6. The number of hydrogen-bond donors (Lipinski definition) is 1. The molecule has 1 aliphatic rings. The fraction of sp³-hybridized carbons (Fsp3) is 0.517. The molecule has 1 aromatic carbocycles. The molecule has 2 aromatic heterocycles. The van der Waals surface area contributed by atoms with Crippen molar-refractivity contribution >= 4 is 22.9 Å². The molecule has 198 valence electrons.